The van der Waals surface area contributed by atoms with Crippen molar-refractivity contribution >= 4 is 22.8 Å². The summed E-state index contributed by atoms with van der Waals surface area (Å²) in [6.45, 7) is 3.33. The Labute approximate surface area is 170 Å². The number of amides is 1. The molecule has 1 aromatic carbocycles. The molecule has 1 aliphatic rings. The van der Waals surface area contributed by atoms with Crippen molar-refractivity contribution < 1.29 is 4.79 Å². The lowest BCUT2D eigenvalue weighted by atomic mass is 9.96. The summed E-state index contributed by atoms with van der Waals surface area (Å²) in [4.78, 5) is 25.0. The summed E-state index contributed by atoms with van der Waals surface area (Å²) < 4.78 is 1.85. The molecule has 1 aliphatic heterocycles. The van der Waals surface area contributed by atoms with Gasteiger partial charge in [-0.2, -0.15) is 5.10 Å². The molecule has 8 heteroatoms. The largest absolute Gasteiger partial charge is 0.359 e. The van der Waals surface area contributed by atoms with Gasteiger partial charge in [-0.1, -0.05) is 18.2 Å². The third-order valence-corrected chi connectivity index (χ3v) is 5.59. The normalized spacial score (nSPS) is 15.5. The molecule has 3 aromatic rings. The number of nitrogens with zero attached hydrogens (tertiary/aromatic N) is 6. The van der Waals surface area contributed by atoms with Gasteiger partial charge in [-0.05, 0) is 44.0 Å². The van der Waals surface area contributed by atoms with Gasteiger partial charge in [0.1, 0.15) is 12.1 Å². The van der Waals surface area contributed by atoms with E-state index in [-0.39, 0.29) is 5.91 Å². The monoisotopic (exact) mass is 393 g/mol. The van der Waals surface area contributed by atoms with Gasteiger partial charge in [0.2, 0.25) is 5.91 Å². The van der Waals surface area contributed by atoms with Crippen molar-refractivity contribution in [1.29, 1.82) is 0 Å². The Bertz CT molecular complexity index is 964. The van der Waals surface area contributed by atoms with Crippen LogP contribution in [0.4, 0.5) is 5.82 Å². The fourth-order valence-electron chi connectivity index (χ4n) is 3.98. The topological polar surface area (TPSA) is 79.2 Å². The second-order valence-corrected chi connectivity index (χ2v) is 7.60. The summed E-state index contributed by atoms with van der Waals surface area (Å²) >= 11 is 0. The fraction of sp³-hybridized carbons (Fsp3) is 0.429. The molecular formula is C21H27N7O. The maximum atomic E-state index is 11.6. The van der Waals surface area contributed by atoms with Crippen LogP contribution in [0.2, 0.25) is 0 Å². The zero-order valence-corrected chi connectivity index (χ0v) is 17.0. The number of aromatic nitrogens is 4. The van der Waals surface area contributed by atoms with E-state index in [9.17, 15) is 4.79 Å². The Morgan fingerprint density at radius 1 is 1.21 bits per heavy atom. The number of benzene rings is 1. The van der Waals surface area contributed by atoms with Crippen molar-refractivity contribution in [3.8, 4) is 5.69 Å². The van der Waals surface area contributed by atoms with Crippen LogP contribution < -0.4 is 10.2 Å². The number of hydrogen-bond donors (Lipinski definition) is 1. The molecule has 152 valence electrons. The number of anilines is 1. The number of likely N-dealkylation sites (tertiary alicyclic amines) is 1. The summed E-state index contributed by atoms with van der Waals surface area (Å²) in [6.07, 6.45) is 5.62. The number of para-hydroxylation sites is 1. The number of rotatable bonds is 6. The highest BCUT2D eigenvalue weighted by molar-refractivity contribution is 5.87. The van der Waals surface area contributed by atoms with Crippen LogP contribution in [-0.2, 0) is 4.79 Å². The summed E-state index contributed by atoms with van der Waals surface area (Å²) in [6, 6.07) is 10.0. The Morgan fingerprint density at radius 2 is 1.97 bits per heavy atom. The number of carbonyl (C=O) groups is 1. The van der Waals surface area contributed by atoms with E-state index in [4.69, 9.17) is 0 Å². The first-order valence-corrected chi connectivity index (χ1v) is 10.0. The molecule has 0 atom stereocenters. The molecule has 29 heavy (non-hydrogen) atoms. The van der Waals surface area contributed by atoms with Crippen molar-refractivity contribution in [2.45, 2.75) is 12.8 Å². The highest BCUT2D eigenvalue weighted by Gasteiger charge is 2.23. The summed E-state index contributed by atoms with van der Waals surface area (Å²) in [5, 5.41) is 8.20. The van der Waals surface area contributed by atoms with Gasteiger partial charge < -0.3 is 10.2 Å². The zero-order valence-electron chi connectivity index (χ0n) is 17.0. The van der Waals surface area contributed by atoms with Crippen LogP contribution in [0.5, 0.6) is 0 Å². The van der Waals surface area contributed by atoms with E-state index in [2.05, 4.69) is 37.2 Å². The van der Waals surface area contributed by atoms with Crippen LogP contribution in [0.3, 0.4) is 0 Å². The standard InChI is InChI=1S/C21H27N7O/c1-22-19(29)14-27-10-8-16(9-11-27)13-26(2)20-18-12-25-28(21(18)24-15-23-20)17-6-4-3-5-7-17/h3-7,12,15-16H,8-11,13-14H2,1-2H3,(H,22,29). The van der Waals surface area contributed by atoms with Crippen LogP contribution in [0.25, 0.3) is 16.7 Å². The van der Waals surface area contributed by atoms with E-state index in [1.165, 1.54) is 0 Å². The van der Waals surface area contributed by atoms with E-state index >= 15 is 0 Å². The van der Waals surface area contributed by atoms with E-state index in [1.807, 2.05) is 41.2 Å². The number of carbonyl (C=O) groups excluding carboxylic acids is 1. The number of piperidine rings is 1. The number of likely N-dealkylation sites (N-methyl/N-ethyl adjacent to an activating group) is 1. The van der Waals surface area contributed by atoms with Crippen molar-refractivity contribution in [3.63, 3.8) is 0 Å². The average molecular weight is 393 g/mol. The van der Waals surface area contributed by atoms with Crippen LogP contribution in [0.1, 0.15) is 12.8 Å². The molecule has 8 nitrogen and oxygen atoms in total. The Hall–Kier alpha value is -3.00. The first-order chi connectivity index (χ1) is 14.2. The summed E-state index contributed by atoms with van der Waals surface area (Å²) in [5.74, 6) is 1.57. The smallest absolute Gasteiger partial charge is 0.233 e. The van der Waals surface area contributed by atoms with Crippen LogP contribution in [-0.4, -0.2) is 70.8 Å². The maximum Gasteiger partial charge on any atom is 0.233 e. The molecule has 0 unspecified atom stereocenters. The number of fused-ring (bicyclic) bond motifs is 1. The first-order valence-electron chi connectivity index (χ1n) is 10.0. The van der Waals surface area contributed by atoms with E-state index < -0.39 is 0 Å². The quantitative estimate of drug-likeness (QED) is 0.687. The van der Waals surface area contributed by atoms with Crippen molar-refractivity contribution in [1.82, 2.24) is 30.0 Å². The van der Waals surface area contributed by atoms with Gasteiger partial charge in [-0.15, -0.1) is 0 Å². The lowest BCUT2D eigenvalue weighted by molar-refractivity contribution is -0.122. The van der Waals surface area contributed by atoms with Gasteiger partial charge in [-0.25, -0.2) is 14.6 Å². The number of hydrogen-bond acceptors (Lipinski definition) is 6. The molecule has 0 radical (unpaired) electrons. The minimum absolute atomic E-state index is 0.0828. The molecule has 4 rings (SSSR count). The Kier molecular flexibility index (Phi) is 5.71. The second-order valence-electron chi connectivity index (χ2n) is 7.60. The van der Waals surface area contributed by atoms with Gasteiger partial charge in [0.15, 0.2) is 5.65 Å². The fourth-order valence-corrected chi connectivity index (χ4v) is 3.98. The molecule has 3 heterocycles. The molecule has 0 bridgehead atoms. The molecule has 1 N–H and O–H groups in total. The van der Waals surface area contributed by atoms with Gasteiger partial charge in [0.25, 0.3) is 0 Å². The zero-order chi connectivity index (χ0) is 20.2. The molecule has 0 aliphatic carbocycles. The van der Waals surface area contributed by atoms with E-state index in [1.54, 1.807) is 13.4 Å². The maximum absolute atomic E-state index is 11.6. The van der Waals surface area contributed by atoms with Crippen LogP contribution >= 0.6 is 0 Å². The van der Waals surface area contributed by atoms with Crippen LogP contribution in [0.15, 0.2) is 42.9 Å². The van der Waals surface area contributed by atoms with Gasteiger partial charge in [0, 0.05) is 20.6 Å². The molecule has 0 saturated carbocycles. The van der Waals surface area contributed by atoms with Crippen molar-refractivity contribution in [3.05, 3.63) is 42.9 Å². The lowest BCUT2D eigenvalue weighted by Gasteiger charge is -2.33. The van der Waals surface area contributed by atoms with Gasteiger partial charge >= 0.3 is 0 Å². The van der Waals surface area contributed by atoms with Gasteiger partial charge in [-0.3, -0.25) is 9.69 Å². The van der Waals surface area contributed by atoms with Crippen molar-refractivity contribution in [2.24, 2.45) is 5.92 Å². The van der Waals surface area contributed by atoms with E-state index in [0.29, 0.717) is 12.5 Å². The SMILES string of the molecule is CNC(=O)CN1CCC(CN(C)c2ncnc3c2cnn3-c2ccccc2)CC1. The predicted octanol–water partition coefficient (Wildman–Crippen LogP) is 1.71. The molecule has 1 saturated heterocycles. The molecule has 2 aromatic heterocycles. The average Bonchev–Trinajstić information content (AvgIpc) is 3.20. The summed E-state index contributed by atoms with van der Waals surface area (Å²) in [7, 11) is 3.77. The van der Waals surface area contributed by atoms with E-state index in [0.717, 1.165) is 55.0 Å². The minimum atomic E-state index is 0.0828. The summed E-state index contributed by atoms with van der Waals surface area (Å²) in [5.41, 5.74) is 1.80. The molecule has 1 fully saturated rings. The molecule has 0 spiro atoms. The van der Waals surface area contributed by atoms with Crippen molar-refractivity contribution in [2.75, 3.05) is 45.2 Å². The predicted molar refractivity (Wildman–Crippen MR) is 113 cm³/mol. The Morgan fingerprint density at radius 3 is 2.69 bits per heavy atom. The number of nitrogens with one attached hydrogen (secondary N) is 1. The Balaban J connectivity index is 1.45. The lowest BCUT2D eigenvalue weighted by Crippen LogP contribution is -2.42. The highest BCUT2D eigenvalue weighted by atomic mass is 16.1. The van der Waals surface area contributed by atoms with Gasteiger partial charge in [0.05, 0.1) is 23.8 Å². The second kappa shape index (κ2) is 8.57. The van der Waals surface area contributed by atoms with Crippen LogP contribution in [0, 0.1) is 5.92 Å². The molecular weight excluding hydrogens is 366 g/mol. The third-order valence-electron chi connectivity index (χ3n) is 5.59. The minimum Gasteiger partial charge on any atom is -0.359 e. The highest BCUT2D eigenvalue weighted by Crippen LogP contribution is 2.26. The third kappa shape index (κ3) is 4.22. The first kappa shape index (κ1) is 19.3. The molecule has 1 amide bonds.